The topological polar surface area (TPSA) is 39.8 Å². The third-order valence-electron chi connectivity index (χ3n) is 2.28. The van der Waals surface area contributed by atoms with Crippen molar-refractivity contribution in [2.24, 2.45) is 5.92 Å². The molecule has 1 aromatic heterocycles. The molecule has 0 saturated heterocycles. The Balaban J connectivity index is 1.92. The van der Waals surface area contributed by atoms with E-state index < -0.39 is 0 Å². The summed E-state index contributed by atoms with van der Waals surface area (Å²) in [6.07, 6.45) is 3.13. The van der Waals surface area contributed by atoms with Gasteiger partial charge >= 0.3 is 0 Å². The number of rotatable bonds is 8. The van der Waals surface area contributed by atoms with E-state index in [0.29, 0.717) is 0 Å². The zero-order valence-corrected chi connectivity index (χ0v) is 11.7. The molecule has 4 heteroatoms. The van der Waals surface area contributed by atoms with Gasteiger partial charge < -0.3 is 15.6 Å². The largest absolute Gasteiger partial charge is 0.363 e. The van der Waals surface area contributed by atoms with Crippen LogP contribution in [0.5, 0.6) is 0 Å². The summed E-state index contributed by atoms with van der Waals surface area (Å²) < 4.78 is 1.11. The number of halogens is 1. The van der Waals surface area contributed by atoms with E-state index in [2.05, 4.69) is 51.5 Å². The zero-order chi connectivity index (χ0) is 11.8. The van der Waals surface area contributed by atoms with E-state index in [1.54, 1.807) is 0 Å². The highest BCUT2D eigenvalue weighted by Gasteiger charge is 1.96. The molecule has 3 nitrogen and oxygen atoms in total. The highest BCUT2D eigenvalue weighted by molar-refractivity contribution is 9.10. The highest BCUT2D eigenvalue weighted by atomic mass is 79.9. The molecule has 1 heterocycles. The molecule has 0 unspecified atom stereocenters. The third kappa shape index (κ3) is 6.30. The summed E-state index contributed by atoms with van der Waals surface area (Å²) in [7, 11) is 0. The quantitative estimate of drug-likeness (QED) is 0.643. The Morgan fingerprint density at radius 1 is 1.31 bits per heavy atom. The van der Waals surface area contributed by atoms with Gasteiger partial charge in [-0.2, -0.15) is 0 Å². The average Bonchev–Trinajstić information content (AvgIpc) is 2.62. The first-order chi connectivity index (χ1) is 7.68. The van der Waals surface area contributed by atoms with Gasteiger partial charge in [-0.3, -0.25) is 0 Å². The van der Waals surface area contributed by atoms with E-state index in [-0.39, 0.29) is 0 Å². The minimum absolute atomic E-state index is 0.740. The molecule has 0 amide bonds. The molecule has 92 valence electrons. The van der Waals surface area contributed by atoms with Crippen LogP contribution in [0.15, 0.2) is 16.7 Å². The fourth-order valence-corrected chi connectivity index (χ4v) is 1.86. The van der Waals surface area contributed by atoms with Crippen LogP contribution in [0.4, 0.5) is 0 Å². The lowest BCUT2D eigenvalue weighted by Gasteiger charge is -2.07. The predicted octanol–water partition coefficient (Wildman–Crippen LogP) is 2.50. The van der Waals surface area contributed by atoms with Gasteiger partial charge in [0.2, 0.25) is 0 Å². The number of aromatic amines is 1. The van der Waals surface area contributed by atoms with Crippen LogP contribution >= 0.6 is 15.9 Å². The Kier molecular flexibility index (Phi) is 6.76. The Hall–Kier alpha value is -0.320. The number of hydrogen-bond acceptors (Lipinski definition) is 2. The van der Waals surface area contributed by atoms with Gasteiger partial charge in [0.05, 0.1) is 0 Å². The van der Waals surface area contributed by atoms with Gasteiger partial charge in [-0.25, -0.2) is 0 Å². The normalized spacial score (nSPS) is 11.2. The Bertz CT molecular complexity index is 284. The minimum Gasteiger partial charge on any atom is -0.363 e. The van der Waals surface area contributed by atoms with Crippen LogP contribution in [0.3, 0.4) is 0 Å². The first kappa shape index (κ1) is 13.7. The predicted molar refractivity (Wildman–Crippen MR) is 72.5 cm³/mol. The van der Waals surface area contributed by atoms with Crippen LogP contribution in [0.2, 0.25) is 0 Å². The van der Waals surface area contributed by atoms with E-state index in [1.807, 2.05) is 6.20 Å². The lowest BCUT2D eigenvalue weighted by molar-refractivity contribution is 0.529. The van der Waals surface area contributed by atoms with Crippen LogP contribution in [-0.2, 0) is 6.54 Å². The molecule has 0 aliphatic heterocycles. The molecule has 1 rings (SSSR count). The van der Waals surface area contributed by atoms with Crippen LogP contribution in [0.1, 0.15) is 26.0 Å². The second-order valence-electron chi connectivity index (χ2n) is 4.47. The molecule has 0 saturated carbocycles. The lowest BCUT2D eigenvalue weighted by Crippen LogP contribution is -2.24. The van der Waals surface area contributed by atoms with E-state index in [4.69, 9.17) is 0 Å². The first-order valence-corrected chi connectivity index (χ1v) is 6.72. The summed E-state index contributed by atoms with van der Waals surface area (Å²) >= 11 is 3.42. The van der Waals surface area contributed by atoms with Crippen molar-refractivity contribution in [1.82, 2.24) is 15.6 Å². The first-order valence-electron chi connectivity index (χ1n) is 5.92. The molecule has 1 aromatic rings. The van der Waals surface area contributed by atoms with Gasteiger partial charge in [0.25, 0.3) is 0 Å². The van der Waals surface area contributed by atoms with Crippen LogP contribution < -0.4 is 10.6 Å². The maximum absolute atomic E-state index is 3.43. The van der Waals surface area contributed by atoms with Crippen LogP contribution in [0, 0.1) is 5.92 Å². The fraction of sp³-hybridized carbons (Fsp3) is 0.667. The van der Waals surface area contributed by atoms with Crippen molar-refractivity contribution in [1.29, 1.82) is 0 Å². The van der Waals surface area contributed by atoms with Gasteiger partial charge in [0, 0.05) is 22.9 Å². The van der Waals surface area contributed by atoms with Crippen molar-refractivity contribution < 1.29 is 0 Å². The molecule has 0 fully saturated rings. The Labute approximate surface area is 107 Å². The van der Waals surface area contributed by atoms with Crippen molar-refractivity contribution in [2.45, 2.75) is 26.8 Å². The third-order valence-corrected chi connectivity index (χ3v) is 2.74. The molecular weight excluding hydrogens is 266 g/mol. The number of hydrogen-bond donors (Lipinski definition) is 3. The molecule has 16 heavy (non-hydrogen) atoms. The minimum atomic E-state index is 0.740. The van der Waals surface area contributed by atoms with E-state index >= 15 is 0 Å². The molecule has 0 aromatic carbocycles. The Morgan fingerprint density at radius 3 is 2.69 bits per heavy atom. The second-order valence-corrected chi connectivity index (χ2v) is 5.39. The van der Waals surface area contributed by atoms with Crippen LogP contribution in [-0.4, -0.2) is 24.6 Å². The molecule has 0 atom stereocenters. The summed E-state index contributed by atoms with van der Waals surface area (Å²) in [5.74, 6) is 0.740. The van der Waals surface area contributed by atoms with Crippen LogP contribution in [0.25, 0.3) is 0 Å². The smallest absolute Gasteiger partial charge is 0.0357 e. The van der Waals surface area contributed by atoms with E-state index in [0.717, 1.165) is 36.6 Å². The van der Waals surface area contributed by atoms with Crippen molar-refractivity contribution in [3.05, 3.63) is 22.4 Å². The molecule has 0 aliphatic rings. The molecular formula is C12H22BrN3. The maximum Gasteiger partial charge on any atom is 0.0357 e. The maximum atomic E-state index is 3.43. The molecule has 0 radical (unpaired) electrons. The van der Waals surface area contributed by atoms with Gasteiger partial charge in [-0.15, -0.1) is 0 Å². The van der Waals surface area contributed by atoms with Gasteiger partial charge in [-0.1, -0.05) is 13.8 Å². The summed E-state index contributed by atoms with van der Waals surface area (Å²) in [6, 6.07) is 2.10. The van der Waals surface area contributed by atoms with Gasteiger partial charge in [0.15, 0.2) is 0 Å². The summed E-state index contributed by atoms with van der Waals surface area (Å²) in [4.78, 5) is 3.20. The summed E-state index contributed by atoms with van der Waals surface area (Å²) in [5, 5.41) is 6.84. The molecule has 0 aliphatic carbocycles. The van der Waals surface area contributed by atoms with Crippen molar-refractivity contribution in [3.63, 3.8) is 0 Å². The molecule has 0 bridgehead atoms. The number of H-pyrrole nitrogens is 1. The van der Waals surface area contributed by atoms with E-state index in [1.165, 1.54) is 12.1 Å². The lowest BCUT2D eigenvalue weighted by atomic mass is 10.2. The van der Waals surface area contributed by atoms with Crippen molar-refractivity contribution in [3.8, 4) is 0 Å². The standard InChI is InChI=1S/C12H22BrN3/c1-10(2)7-14-4-3-5-15-9-12-6-11(13)8-16-12/h6,8,10,14-16H,3-5,7,9H2,1-2H3. The number of nitrogens with one attached hydrogen (secondary N) is 3. The zero-order valence-electron chi connectivity index (χ0n) is 10.1. The number of aromatic nitrogens is 1. The van der Waals surface area contributed by atoms with Crippen molar-refractivity contribution in [2.75, 3.05) is 19.6 Å². The van der Waals surface area contributed by atoms with Gasteiger partial charge in [-0.05, 0) is 54.0 Å². The second kappa shape index (κ2) is 7.87. The van der Waals surface area contributed by atoms with Crippen molar-refractivity contribution >= 4 is 15.9 Å². The summed E-state index contributed by atoms with van der Waals surface area (Å²) in [5.41, 5.74) is 1.22. The monoisotopic (exact) mass is 287 g/mol. The van der Waals surface area contributed by atoms with Gasteiger partial charge in [0.1, 0.15) is 0 Å². The van der Waals surface area contributed by atoms with E-state index in [9.17, 15) is 0 Å². The SMILES string of the molecule is CC(C)CNCCCNCc1cc(Br)c[nH]1. The molecule has 0 spiro atoms. The summed E-state index contributed by atoms with van der Waals surface area (Å²) in [6.45, 7) is 8.64. The molecule has 3 N–H and O–H groups in total. The highest BCUT2D eigenvalue weighted by Crippen LogP contribution is 2.09. The Morgan fingerprint density at radius 2 is 2.06 bits per heavy atom. The fourth-order valence-electron chi connectivity index (χ4n) is 1.47. The average molecular weight is 288 g/mol.